The van der Waals surface area contributed by atoms with Crippen LogP contribution in [0.2, 0.25) is 0 Å². The molecule has 0 aromatic rings. The summed E-state index contributed by atoms with van der Waals surface area (Å²) in [6.07, 6.45) is 4.90. The van der Waals surface area contributed by atoms with Crippen LogP contribution in [0.25, 0.3) is 0 Å². The molecule has 0 spiro atoms. The highest BCUT2D eigenvalue weighted by Gasteiger charge is 2.38. The molecular formula is C12H24ClN2O2P. The van der Waals surface area contributed by atoms with E-state index in [2.05, 4.69) is 9.34 Å². The van der Waals surface area contributed by atoms with Crippen LogP contribution in [0.15, 0.2) is 0 Å². The van der Waals surface area contributed by atoms with Crippen molar-refractivity contribution < 1.29 is 9.47 Å². The van der Waals surface area contributed by atoms with E-state index in [1.54, 1.807) is 14.2 Å². The molecule has 0 aromatic carbocycles. The number of hydrogen-bond donors (Lipinski definition) is 0. The average Bonchev–Trinajstić information content (AvgIpc) is 2.98. The minimum Gasteiger partial charge on any atom is -0.383 e. The van der Waals surface area contributed by atoms with E-state index in [-0.39, 0.29) is 0 Å². The van der Waals surface area contributed by atoms with Crippen LogP contribution in [0.1, 0.15) is 25.7 Å². The van der Waals surface area contributed by atoms with Crippen molar-refractivity contribution >= 4 is 18.8 Å². The van der Waals surface area contributed by atoms with Crippen molar-refractivity contribution in [3.63, 3.8) is 0 Å². The Morgan fingerprint density at radius 1 is 1.00 bits per heavy atom. The Morgan fingerprint density at radius 3 is 1.83 bits per heavy atom. The molecule has 0 unspecified atom stereocenters. The first-order valence-electron chi connectivity index (χ1n) is 6.74. The summed E-state index contributed by atoms with van der Waals surface area (Å²) in [6.45, 7) is 3.82. The van der Waals surface area contributed by atoms with Gasteiger partial charge in [0.2, 0.25) is 0 Å². The van der Waals surface area contributed by atoms with Gasteiger partial charge in [0.05, 0.1) is 13.2 Å². The zero-order chi connectivity index (χ0) is 13.0. The molecule has 2 heterocycles. The van der Waals surface area contributed by atoms with Crippen LogP contribution < -0.4 is 0 Å². The summed E-state index contributed by atoms with van der Waals surface area (Å²) in [7, 11) is 2.84. The summed E-state index contributed by atoms with van der Waals surface area (Å²) >= 11 is 6.76. The van der Waals surface area contributed by atoms with E-state index in [4.69, 9.17) is 20.7 Å². The molecule has 0 aliphatic carbocycles. The summed E-state index contributed by atoms with van der Waals surface area (Å²) < 4.78 is 15.5. The summed E-state index contributed by atoms with van der Waals surface area (Å²) in [5, 5.41) is 0. The minimum absolute atomic E-state index is 0.502. The molecule has 2 saturated heterocycles. The van der Waals surface area contributed by atoms with Crippen molar-refractivity contribution in [3.8, 4) is 0 Å². The monoisotopic (exact) mass is 294 g/mol. The third kappa shape index (κ3) is 3.36. The minimum atomic E-state index is -0.706. The van der Waals surface area contributed by atoms with Crippen LogP contribution in [0, 0.1) is 0 Å². The number of nitrogens with zero attached hydrogens (tertiary/aromatic N) is 2. The quantitative estimate of drug-likeness (QED) is 0.703. The molecule has 18 heavy (non-hydrogen) atoms. The third-order valence-electron chi connectivity index (χ3n) is 3.83. The van der Waals surface area contributed by atoms with Gasteiger partial charge in [-0.25, -0.2) is 0 Å². The number of methoxy groups -OCH3 is 2. The molecule has 0 aromatic heterocycles. The van der Waals surface area contributed by atoms with E-state index in [9.17, 15) is 0 Å². The first kappa shape index (κ1) is 15.0. The summed E-state index contributed by atoms with van der Waals surface area (Å²) in [6, 6.07) is 1.00. The maximum absolute atomic E-state index is 6.76. The molecule has 2 aliphatic heterocycles. The van der Waals surface area contributed by atoms with E-state index >= 15 is 0 Å². The van der Waals surface area contributed by atoms with Gasteiger partial charge in [-0.2, -0.15) is 0 Å². The molecule has 6 heteroatoms. The van der Waals surface area contributed by atoms with Crippen molar-refractivity contribution in [2.24, 2.45) is 0 Å². The maximum atomic E-state index is 6.76. The Kier molecular flexibility index (Phi) is 6.13. The molecule has 0 saturated carbocycles. The first-order valence-corrected chi connectivity index (χ1v) is 8.90. The molecule has 0 bridgehead atoms. The second-order valence-corrected chi connectivity index (χ2v) is 7.49. The van der Waals surface area contributed by atoms with E-state index in [0.717, 1.165) is 26.3 Å². The fraction of sp³-hybridized carbons (Fsp3) is 1.00. The second-order valence-electron chi connectivity index (χ2n) is 5.07. The van der Waals surface area contributed by atoms with E-state index in [0.29, 0.717) is 12.1 Å². The van der Waals surface area contributed by atoms with Gasteiger partial charge in [-0.05, 0) is 25.7 Å². The van der Waals surface area contributed by atoms with Crippen molar-refractivity contribution in [3.05, 3.63) is 0 Å². The number of hydrogen-bond acceptors (Lipinski definition) is 4. The number of halogens is 1. The van der Waals surface area contributed by atoms with Crippen LogP contribution >= 0.6 is 18.8 Å². The standard InChI is InChI=1S/C12H24ClN2O2P/c1-16-9-11-5-3-7-14(11)18(13)15-8-4-6-12(15)10-17-2/h11-12H,3-10H2,1-2H3/t11-,12-/m0/s1. The molecule has 2 aliphatic rings. The number of ether oxygens (including phenoxy) is 2. The lowest BCUT2D eigenvalue weighted by Crippen LogP contribution is -2.36. The fourth-order valence-electron chi connectivity index (χ4n) is 2.95. The Balaban J connectivity index is 1.94. The van der Waals surface area contributed by atoms with Gasteiger partial charge in [0, 0.05) is 39.4 Å². The van der Waals surface area contributed by atoms with Gasteiger partial charge in [-0.1, -0.05) is 11.2 Å². The van der Waals surface area contributed by atoms with Crippen LogP contribution in [0.3, 0.4) is 0 Å². The molecule has 2 rings (SSSR count). The molecule has 106 valence electrons. The fourth-order valence-corrected chi connectivity index (χ4v) is 5.95. The smallest absolute Gasteiger partial charge is 0.140 e. The highest BCUT2D eigenvalue weighted by atomic mass is 35.7. The Labute approximate surface area is 116 Å². The predicted octanol–water partition coefficient (Wildman–Crippen LogP) is 2.67. The highest BCUT2D eigenvalue weighted by molar-refractivity contribution is 7.80. The topological polar surface area (TPSA) is 24.9 Å². The maximum Gasteiger partial charge on any atom is 0.140 e. The molecule has 4 nitrogen and oxygen atoms in total. The zero-order valence-corrected chi connectivity index (χ0v) is 13.0. The molecule has 0 N–H and O–H groups in total. The molecule has 2 atom stereocenters. The van der Waals surface area contributed by atoms with Crippen molar-refractivity contribution in [2.45, 2.75) is 37.8 Å². The van der Waals surface area contributed by atoms with Gasteiger partial charge in [0.25, 0.3) is 0 Å². The summed E-state index contributed by atoms with van der Waals surface area (Å²) in [5.74, 6) is 0. The van der Waals surface area contributed by atoms with Gasteiger partial charge in [-0.15, -0.1) is 0 Å². The highest BCUT2D eigenvalue weighted by Crippen LogP contribution is 2.55. The van der Waals surface area contributed by atoms with E-state index in [1.165, 1.54) is 25.7 Å². The van der Waals surface area contributed by atoms with Gasteiger partial charge < -0.3 is 9.47 Å². The van der Waals surface area contributed by atoms with Crippen LogP contribution in [0.5, 0.6) is 0 Å². The lowest BCUT2D eigenvalue weighted by Gasteiger charge is -2.36. The van der Waals surface area contributed by atoms with Gasteiger partial charge in [0.1, 0.15) is 7.58 Å². The Bertz CT molecular complexity index is 236. The lowest BCUT2D eigenvalue weighted by atomic mass is 10.2. The number of rotatable bonds is 6. The largest absolute Gasteiger partial charge is 0.383 e. The lowest BCUT2D eigenvalue weighted by molar-refractivity contribution is 0.139. The normalized spacial score (nSPS) is 30.7. The SMILES string of the molecule is COC[C@@H]1CCCN1P(Cl)N1CCC[C@H]1COC. The average molecular weight is 295 g/mol. The molecule has 0 amide bonds. The molecule has 2 fully saturated rings. The van der Waals surface area contributed by atoms with Crippen LogP contribution in [-0.2, 0) is 9.47 Å². The summed E-state index contributed by atoms with van der Waals surface area (Å²) in [4.78, 5) is 0. The van der Waals surface area contributed by atoms with Gasteiger partial charge in [0.15, 0.2) is 0 Å². The predicted molar refractivity (Wildman–Crippen MR) is 76.0 cm³/mol. The second kappa shape index (κ2) is 7.37. The van der Waals surface area contributed by atoms with Crippen molar-refractivity contribution in [1.82, 2.24) is 9.34 Å². The molecular weight excluding hydrogens is 271 g/mol. The van der Waals surface area contributed by atoms with Crippen LogP contribution in [0.4, 0.5) is 0 Å². The molecule has 0 radical (unpaired) electrons. The van der Waals surface area contributed by atoms with E-state index in [1.807, 2.05) is 0 Å². The van der Waals surface area contributed by atoms with Gasteiger partial charge in [-0.3, -0.25) is 9.34 Å². The summed E-state index contributed by atoms with van der Waals surface area (Å²) in [5.41, 5.74) is 0. The van der Waals surface area contributed by atoms with Crippen molar-refractivity contribution in [1.29, 1.82) is 0 Å². The third-order valence-corrected chi connectivity index (χ3v) is 6.90. The first-order chi connectivity index (χ1) is 8.77. The Morgan fingerprint density at radius 2 is 1.44 bits per heavy atom. The Hall–Kier alpha value is 0.560. The van der Waals surface area contributed by atoms with Crippen molar-refractivity contribution in [2.75, 3.05) is 40.5 Å². The van der Waals surface area contributed by atoms with Gasteiger partial charge >= 0.3 is 0 Å². The van der Waals surface area contributed by atoms with E-state index < -0.39 is 7.58 Å². The van der Waals surface area contributed by atoms with Crippen LogP contribution in [-0.4, -0.2) is 61.9 Å². The zero-order valence-electron chi connectivity index (χ0n) is 11.3.